The second-order valence-electron chi connectivity index (χ2n) is 6.63. The minimum atomic E-state index is -1.01. The van der Waals surface area contributed by atoms with Crippen LogP contribution in [0, 0.1) is 11.6 Å². The van der Waals surface area contributed by atoms with E-state index in [1.165, 1.54) is 23.9 Å². The van der Waals surface area contributed by atoms with Gasteiger partial charge in [0.2, 0.25) is 5.16 Å². The molecule has 0 aliphatic carbocycles. The molecular formula is C22H18F2N4O3S. The Labute approximate surface area is 186 Å². The summed E-state index contributed by atoms with van der Waals surface area (Å²) in [6, 6.07) is 10.6. The second kappa shape index (κ2) is 9.31. The Morgan fingerprint density at radius 2 is 1.94 bits per heavy atom. The highest BCUT2D eigenvalue weighted by Crippen LogP contribution is 2.30. The Kier molecular flexibility index (Phi) is 6.31. The van der Waals surface area contributed by atoms with E-state index in [4.69, 9.17) is 9.47 Å². The van der Waals surface area contributed by atoms with Gasteiger partial charge >= 0.3 is 5.97 Å². The Morgan fingerprint density at radius 1 is 1.16 bits per heavy atom. The molecule has 0 spiro atoms. The fourth-order valence-corrected chi connectivity index (χ4v) is 3.84. The highest BCUT2D eigenvalue weighted by molar-refractivity contribution is 7.99. The SMILES string of the molecule is CCOC(=O)/C(=C/c1ccc(F)c(F)c1)C1=Nn2c(nnc2-c2ccc(OC)cc2)SC1. The monoisotopic (exact) mass is 456 g/mol. The van der Waals surface area contributed by atoms with Crippen molar-refractivity contribution in [2.24, 2.45) is 5.10 Å². The summed E-state index contributed by atoms with van der Waals surface area (Å²) in [6.07, 6.45) is 1.43. The minimum Gasteiger partial charge on any atom is -0.497 e. The predicted octanol–water partition coefficient (Wildman–Crippen LogP) is 4.19. The number of thioether (sulfide) groups is 1. The van der Waals surface area contributed by atoms with Gasteiger partial charge < -0.3 is 9.47 Å². The quantitative estimate of drug-likeness (QED) is 0.409. The molecule has 164 valence electrons. The zero-order valence-corrected chi connectivity index (χ0v) is 18.0. The predicted molar refractivity (Wildman–Crippen MR) is 117 cm³/mol. The molecule has 0 fully saturated rings. The first kappa shape index (κ1) is 21.7. The molecule has 7 nitrogen and oxygen atoms in total. The van der Waals surface area contributed by atoms with Crippen LogP contribution in [0.5, 0.6) is 5.75 Å². The van der Waals surface area contributed by atoms with Gasteiger partial charge in [0.1, 0.15) is 5.75 Å². The molecule has 3 aromatic rings. The van der Waals surface area contributed by atoms with Gasteiger partial charge in [0.05, 0.1) is 25.0 Å². The van der Waals surface area contributed by atoms with E-state index in [9.17, 15) is 13.6 Å². The summed E-state index contributed by atoms with van der Waals surface area (Å²) in [7, 11) is 1.58. The molecule has 0 saturated carbocycles. The first-order valence-corrected chi connectivity index (χ1v) is 10.6. The fourth-order valence-electron chi connectivity index (χ4n) is 3.02. The van der Waals surface area contributed by atoms with Gasteiger partial charge in [-0.2, -0.15) is 9.78 Å². The summed E-state index contributed by atoms with van der Waals surface area (Å²) in [4.78, 5) is 12.7. The molecule has 32 heavy (non-hydrogen) atoms. The molecule has 0 bridgehead atoms. The lowest BCUT2D eigenvalue weighted by Gasteiger charge is -2.16. The van der Waals surface area contributed by atoms with Crippen LogP contribution in [-0.4, -0.2) is 46.0 Å². The Bertz CT molecular complexity index is 1220. The van der Waals surface area contributed by atoms with Gasteiger partial charge in [-0.25, -0.2) is 13.6 Å². The number of ether oxygens (including phenoxy) is 2. The smallest absolute Gasteiger partial charge is 0.340 e. The Hall–Kier alpha value is -3.53. The van der Waals surface area contributed by atoms with Crippen molar-refractivity contribution in [3.8, 4) is 17.1 Å². The van der Waals surface area contributed by atoms with Crippen molar-refractivity contribution < 1.29 is 23.0 Å². The van der Waals surface area contributed by atoms with E-state index in [-0.39, 0.29) is 12.2 Å². The maximum atomic E-state index is 13.7. The molecule has 2 aromatic carbocycles. The van der Waals surface area contributed by atoms with Gasteiger partial charge in [-0.15, -0.1) is 10.2 Å². The molecule has 0 N–H and O–H groups in total. The van der Waals surface area contributed by atoms with Gasteiger partial charge in [-0.05, 0) is 55.0 Å². The van der Waals surface area contributed by atoms with Crippen molar-refractivity contribution in [2.45, 2.75) is 12.1 Å². The molecule has 4 rings (SSSR count). The summed E-state index contributed by atoms with van der Waals surface area (Å²) in [6.45, 7) is 1.84. The van der Waals surface area contributed by atoms with Crippen molar-refractivity contribution in [2.75, 3.05) is 19.5 Å². The largest absolute Gasteiger partial charge is 0.497 e. The van der Waals surface area contributed by atoms with E-state index >= 15 is 0 Å². The molecule has 1 aromatic heterocycles. The average Bonchev–Trinajstić information content (AvgIpc) is 3.23. The van der Waals surface area contributed by atoms with Crippen LogP contribution in [0.15, 0.2) is 58.3 Å². The molecule has 10 heteroatoms. The van der Waals surface area contributed by atoms with Crippen LogP contribution >= 0.6 is 11.8 Å². The molecule has 0 amide bonds. The van der Waals surface area contributed by atoms with Crippen LogP contribution in [0.3, 0.4) is 0 Å². The second-order valence-corrected chi connectivity index (χ2v) is 7.58. The number of halogens is 2. The van der Waals surface area contributed by atoms with Crippen LogP contribution in [-0.2, 0) is 9.53 Å². The maximum Gasteiger partial charge on any atom is 0.340 e. The highest BCUT2D eigenvalue weighted by atomic mass is 32.2. The number of esters is 1. The molecule has 2 heterocycles. The van der Waals surface area contributed by atoms with Crippen LogP contribution in [0.1, 0.15) is 12.5 Å². The zero-order valence-electron chi connectivity index (χ0n) is 17.2. The molecule has 0 radical (unpaired) electrons. The van der Waals surface area contributed by atoms with E-state index in [0.29, 0.717) is 33.8 Å². The average molecular weight is 456 g/mol. The summed E-state index contributed by atoms with van der Waals surface area (Å²) in [5.74, 6) is -1.07. The molecule has 0 atom stereocenters. The third-order valence-corrected chi connectivity index (χ3v) is 5.51. The topological polar surface area (TPSA) is 78.6 Å². The van der Waals surface area contributed by atoms with Crippen LogP contribution in [0.2, 0.25) is 0 Å². The number of carbonyl (C=O) groups excluding carboxylic acids is 1. The molecule has 0 unspecified atom stereocenters. The standard InChI is InChI=1S/C22H18F2N4O3S/c1-3-31-21(29)16(10-13-4-9-17(23)18(24)11-13)19-12-32-22-26-25-20(28(22)27-19)14-5-7-15(30-2)8-6-14/h4-11H,3,12H2,1-2H3/b16-10+. The highest BCUT2D eigenvalue weighted by Gasteiger charge is 2.25. The van der Waals surface area contributed by atoms with Crippen molar-refractivity contribution >= 4 is 29.5 Å². The number of rotatable bonds is 6. The minimum absolute atomic E-state index is 0.144. The lowest BCUT2D eigenvalue weighted by Crippen LogP contribution is -2.21. The van der Waals surface area contributed by atoms with Crippen molar-refractivity contribution in [1.29, 1.82) is 0 Å². The third kappa shape index (κ3) is 4.40. The van der Waals surface area contributed by atoms with Crippen molar-refractivity contribution in [3.05, 3.63) is 65.2 Å². The number of methoxy groups -OCH3 is 1. The van der Waals surface area contributed by atoms with Gasteiger partial charge in [-0.1, -0.05) is 17.8 Å². The van der Waals surface area contributed by atoms with Crippen LogP contribution in [0.25, 0.3) is 17.5 Å². The van der Waals surface area contributed by atoms with E-state index in [1.807, 2.05) is 12.1 Å². The molecular weight excluding hydrogens is 438 g/mol. The van der Waals surface area contributed by atoms with Crippen molar-refractivity contribution in [1.82, 2.24) is 14.9 Å². The van der Waals surface area contributed by atoms with E-state index < -0.39 is 17.6 Å². The molecule has 0 saturated heterocycles. The van der Waals surface area contributed by atoms with Crippen molar-refractivity contribution in [3.63, 3.8) is 0 Å². The van der Waals surface area contributed by atoms with E-state index in [1.54, 1.807) is 30.8 Å². The first-order valence-electron chi connectivity index (χ1n) is 9.65. The fraction of sp³-hybridized carbons (Fsp3) is 0.182. The number of aromatic nitrogens is 3. The summed E-state index contributed by atoms with van der Waals surface area (Å²) in [5.41, 5.74) is 1.62. The van der Waals surface area contributed by atoms with Crippen LogP contribution < -0.4 is 4.74 Å². The number of benzene rings is 2. The lowest BCUT2D eigenvalue weighted by molar-refractivity contribution is -0.137. The summed E-state index contributed by atoms with van der Waals surface area (Å²) < 4.78 is 38.9. The zero-order chi connectivity index (χ0) is 22.7. The summed E-state index contributed by atoms with van der Waals surface area (Å²) >= 11 is 1.35. The molecule has 1 aliphatic heterocycles. The van der Waals surface area contributed by atoms with E-state index in [0.717, 1.165) is 17.7 Å². The van der Waals surface area contributed by atoms with Gasteiger partial charge in [0.15, 0.2) is 17.5 Å². The summed E-state index contributed by atoms with van der Waals surface area (Å²) in [5, 5.41) is 13.5. The van der Waals surface area contributed by atoms with Crippen LogP contribution in [0.4, 0.5) is 8.78 Å². The van der Waals surface area contributed by atoms with Gasteiger partial charge in [-0.3, -0.25) is 0 Å². The van der Waals surface area contributed by atoms with Gasteiger partial charge in [0.25, 0.3) is 0 Å². The molecule has 1 aliphatic rings. The number of carbonyl (C=O) groups is 1. The first-order chi connectivity index (χ1) is 15.5. The number of fused-ring (bicyclic) bond motifs is 1. The number of hydrogen-bond acceptors (Lipinski definition) is 7. The van der Waals surface area contributed by atoms with E-state index in [2.05, 4.69) is 15.3 Å². The third-order valence-electron chi connectivity index (χ3n) is 4.58. The number of hydrogen-bond donors (Lipinski definition) is 0. The Balaban J connectivity index is 1.77. The Morgan fingerprint density at radius 3 is 2.62 bits per heavy atom. The lowest BCUT2D eigenvalue weighted by atomic mass is 10.1. The van der Waals surface area contributed by atoms with Gasteiger partial charge in [0, 0.05) is 11.3 Å². The number of nitrogens with zero attached hydrogens (tertiary/aromatic N) is 4. The maximum absolute atomic E-state index is 13.7. The normalized spacial score (nSPS) is 13.4.